The van der Waals surface area contributed by atoms with Crippen molar-refractivity contribution in [3.05, 3.63) is 34.7 Å². The molecule has 0 aliphatic carbocycles. The van der Waals surface area contributed by atoms with E-state index in [4.69, 9.17) is 5.84 Å². The lowest BCUT2D eigenvalue weighted by Crippen LogP contribution is -2.03. The molecule has 0 fully saturated rings. The lowest BCUT2D eigenvalue weighted by atomic mass is 10.1. The topological polar surface area (TPSA) is 38.4 Å². The van der Waals surface area contributed by atoms with Crippen LogP contribution in [0.3, 0.4) is 0 Å². The maximum Gasteiger partial charge on any atom is 0.417 e. The number of thiophene rings is 1. The molecule has 2 aromatic rings. The van der Waals surface area contributed by atoms with Crippen molar-refractivity contribution in [1.29, 1.82) is 0 Å². The van der Waals surface area contributed by atoms with E-state index < -0.39 is 11.7 Å². The minimum absolute atomic E-state index is 0.190. The quantitative estimate of drug-likeness (QED) is 0.467. The fourth-order valence-corrected chi connectivity index (χ4v) is 2.38. The van der Waals surface area contributed by atoms with Gasteiger partial charge in [0.05, 0.1) is 11.8 Å². The molecular weight excluding hydrogens is 237 g/mol. The average molecular weight is 244 g/mol. The first kappa shape index (κ1) is 10.9. The van der Waals surface area contributed by atoms with Crippen molar-refractivity contribution >= 4 is 27.6 Å². The Kier molecular flexibility index (Phi) is 2.59. The molecule has 0 aliphatic heterocycles. The standard InChI is InChI=1S/C10H7F3N2S/c11-10(12,13)8-5-16-9-2-1-6(4-15-14)3-7(8)9/h1-5H,14H2. The SMILES string of the molecule is NN=Cc1ccc2scc(C(F)(F)F)c2c1. The van der Waals surface area contributed by atoms with Gasteiger partial charge in [-0.3, -0.25) is 0 Å². The molecule has 0 radical (unpaired) electrons. The molecule has 0 saturated heterocycles. The normalized spacial score (nSPS) is 12.7. The minimum Gasteiger partial charge on any atom is -0.323 e. The number of benzene rings is 1. The number of fused-ring (bicyclic) bond motifs is 1. The number of hydrazone groups is 1. The van der Waals surface area contributed by atoms with Crippen molar-refractivity contribution in [1.82, 2.24) is 0 Å². The van der Waals surface area contributed by atoms with E-state index in [0.717, 1.165) is 16.7 Å². The largest absolute Gasteiger partial charge is 0.417 e. The number of nitrogens with two attached hydrogens (primary N) is 1. The highest BCUT2D eigenvalue weighted by atomic mass is 32.1. The van der Waals surface area contributed by atoms with Crippen LogP contribution in [0.4, 0.5) is 13.2 Å². The second-order valence-corrected chi connectivity index (χ2v) is 4.09. The van der Waals surface area contributed by atoms with Crippen LogP contribution in [0.5, 0.6) is 0 Å². The van der Waals surface area contributed by atoms with Gasteiger partial charge >= 0.3 is 6.18 Å². The average Bonchev–Trinajstić information content (AvgIpc) is 2.60. The Hall–Kier alpha value is -1.56. The maximum atomic E-state index is 12.6. The summed E-state index contributed by atoms with van der Waals surface area (Å²) in [7, 11) is 0. The molecule has 0 saturated carbocycles. The van der Waals surface area contributed by atoms with Crippen LogP contribution in [-0.2, 0) is 6.18 Å². The van der Waals surface area contributed by atoms with Crippen LogP contribution in [0.25, 0.3) is 10.1 Å². The van der Waals surface area contributed by atoms with Gasteiger partial charge in [0.1, 0.15) is 0 Å². The predicted octanol–water partition coefficient (Wildman–Crippen LogP) is 3.21. The first-order valence-corrected chi connectivity index (χ1v) is 5.22. The van der Waals surface area contributed by atoms with Gasteiger partial charge in [-0.2, -0.15) is 18.3 Å². The van der Waals surface area contributed by atoms with Crippen molar-refractivity contribution < 1.29 is 13.2 Å². The van der Waals surface area contributed by atoms with Crippen LogP contribution in [0, 0.1) is 0 Å². The highest BCUT2D eigenvalue weighted by molar-refractivity contribution is 7.17. The molecule has 0 unspecified atom stereocenters. The van der Waals surface area contributed by atoms with Gasteiger partial charge in [0.15, 0.2) is 0 Å². The summed E-state index contributed by atoms with van der Waals surface area (Å²) in [6.45, 7) is 0. The van der Waals surface area contributed by atoms with E-state index >= 15 is 0 Å². The van der Waals surface area contributed by atoms with E-state index in [9.17, 15) is 13.2 Å². The van der Waals surface area contributed by atoms with E-state index in [1.807, 2.05) is 0 Å². The summed E-state index contributed by atoms with van der Waals surface area (Å²) >= 11 is 1.07. The minimum atomic E-state index is -4.32. The maximum absolute atomic E-state index is 12.6. The second kappa shape index (κ2) is 3.79. The molecule has 1 heterocycles. The molecular formula is C10H7F3N2S. The molecule has 16 heavy (non-hydrogen) atoms. The number of alkyl halides is 3. The first-order valence-electron chi connectivity index (χ1n) is 4.34. The third-order valence-electron chi connectivity index (χ3n) is 2.13. The molecule has 0 aliphatic rings. The number of halogens is 3. The summed E-state index contributed by atoms with van der Waals surface area (Å²) in [6, 6.07) is 4.74. The Bertz CT molecular complexity index is 542. The highest BCUT2D eigenvalue weighted by Gasteiger charge is 2.33. The third kappa shape index (κ3) is 1.88. The van der Waals surface area contributed by atoms with Crippen molar-refractivity contribution in [3.8, 4) is 0 Å². The molecule has 6 heteroatoms. The van der Waals surface area contributed by atoms with Crippen molar-refractivity contribution in [2.75, 3.05) is 0 Å². The van der Waals surface area contributed by atoms with Gasteiger partial charge in [-0.05, 0) is 17.7 Å². The lowest BCUT2D eigenvalue weighted by Gasteiger charge is -2.04. The highest BCUT2D eigenvalue weighted by Crippen LogP contribution is 2.38. The smallest absolute Gasteiger partial charge is 0.323 e. The molecule has 84 valence electrons. The van der Waals surface area contributed by atoms with Crippen LogP contribution in [0.15, 0.2) is 28.7 Å². The molecule has 0 atom stereocenters. The Balaban J connectivity index is 2.65. The van der Waals surface area contributed by atoms with E-state index in [-0.39, 0.29) is 5.39 Å². The van der Waals surface area contributed by atoms with Gasteiger partial charge in [0.25, 0.3) is 0 Å². The fourth-order valence-electron chi connectivity index (χ4n) is 1.43. The second-order valence-electron chi connectivity index (χ2n) is 3.18. The fraction of sp³-hybridized carbons (Fsp3) is 0.100. The predicted molar refractivity (Wildman–Crippen MR) is 58.6 cm³/mol. The van der Waals surface area contributed by atoms with Crippen LogP contribution < -0.4 is 5.84 Å². The van der Waals surface area contributed by atoms with Crippen LogP contribution in [-0.4, -0.2) is 6.21 Å². The zero-order valence-electron chi connectivity index (χ0n) is 7.95. The Morgan fingerprint density at radius 3 is 2.69 bits per heavy atom. The Morgan fingerprint density at radius 2 is 2.06 bits per heavy atom. The zero-order chi connectivity index (χ0) is 11.8. The van der Waals surface area contributed by atoms with Gasteiger partial charge < -0.3 is 5.84 Å². The summed E-state index contributed by atoms with van der Waals surface area (Å²) in [6.07, 6.45) is -3.01. The Morgan fingerprint density at radius 1 is 1.31 bits per heavy atom. The Labute approximate surface area is 93.2 Å². The molecule has 2 rings (SSSR count). The third-order valence-corrected chi connectivity index (χ3v) is 3.09. The zero-order valence-corrected chi connectivity index (χ0v) is 8.77. The van der Waals surface area contributed by atoms with E-state index in [1.54, 1.807) is 12.1 Å². The molecule has 1 aromatic heterocycles. The summed E-state index contributed by atoms with van der Waals surface area (Å²) < 4.78 is 38.4. The molecule has 2 N–H and O–H groups in total. The summed E-state index contributed by atoms with van der Waals surface area (Å²) in [5.41, 5.74) is -0.0568. The van der Waals surface area contributed by atoms with Crippen molar-refractivity contribution in [2.45, 2.75) is 6.18 Å². The van der Waals surface area contributed by atoms with Crippen molar-refractivity contribution in [2.24, 2.45) is 10.9 Å². The van der Waals surface area contributed by atoms with Crippen molar-refractivity contribution in [3.63, 3.8) is 0 Å². The van der Waals surface area contributed by atoms with E-state index in [0.29, 0.717) is 10.3 Å². The molecule has 0 bridgehead atoms. The molecule has 1 aromatic carbocycles. The van der Waals surface area contributed by atoms with Crippen LogP contribution in [0.2, 0.25) is 0 Å². The monoisotopic (exact) mass is 244 g/mol. The summed E-state index contributed by atoms with van der Waals surface area (Å²) in [5.74, 6) is 4.95. The van der Waals surface area contributed by atoms with Crippen LogP contribution >= 0.6 is 11.3 Å². The molecule has 0 amide bonds. The summed E-state index contributed by atoms with van der Waals surface area (Å²) in [5, 5.41) is 4.59. The lowest BCUT2D eigenvalue weighted by molar-refractivity contribution is -0.136. The number of hydrogen-bond donors (Lipinski definition) is 1. The van der Waals surface area contributed by atoms with Gasteiger partial charge in [0.2, 0.25) is 0 Å². The number of rotatable bonds is 1. The molecule has 0 spiro atoms. The van der Waals surface area contributed by atoms with Gasteiger partial charge in [0, 0.05) is 15.5 Å². The number of hydrogen-bond acceptors (Lipinski definition) is 3. The number of nitrogens with zero attached hydrogens (tertiary/aromatic N) is 1. The van der Waals surface area contributed by atoms with E-state index in [1.165, 1.54) is 12.3 Å². The van der Waals surface area contributed by atoms with E-state index in [2.05, 4.69) is 5.10 Å². The van der Waals surface area contributed by atoms with Gasteiger partial charge in [-0.1, -0.05) is 6.07 Å². The molecule has 2 nitrogen and oxygen atoms in total. The summed E-state index contributed by atoms with van der Waals surface area (Å²) in [4.78, 5) is 0. The first-order chi connectivity index (χ1) is 7.52. The van der Waals surface area contributed by atoms with Gasteiger partial charge in [-0.25, -0.2) is 0 Å². The van der Waals surface area contributed by atoms with Gasteiger partial charge in [-0.15, -0.1) is 11.3 Å². The van der Waals surface area contributed by atoms with Crippen LogP contribution in [0.1, 0.15) is 11.1 Å².